The number of hydrogen-bond acceptors (Lipinski definition) is 2. The van der Waals surface area contributed by atoms with Gasteiger partial charge in [0.2, 0.25) is 5.91 Å². The first-order valence-electron chi connectivity index (χ1n) is 6.23. The van der Waals surface area contributed by atoms with Gasteiger partial charge in [0.1, 0.15) is 0 Å². The summed E-state index contributed by atoms with van der Waals surface area (Å²) in [4.78, 5) is 11.9. The Hall–Kier alpha value is -0.570. The summed E-state index contributed by atoms with van der Waals surface area (Å²) in [5.74, 6) is 0.915. The van der Waals surface area contributed by atoms with Crippen LogP contribution in [-0.2, 0) is 4.79 Å². The standard InChI is InChI=1S/C12H24N2O/c1-3-9(4-2)12(15)14-11-7-5-6-10(11)8-13/h9-11H,3-8,13H2,1-2H3,(H,14,15). The SMILES string of the molecule is CCC(CC)C(=O)NC1CCCC1CN. The zero-order valence-corrected chi connectivity index (χ0v) is 9.96. The molecule has 0 aromatic carbocycles. The van der Waals surface area contributed by atoms with E-state index in [1.54, 1.807) is 0 Å². The zero-order valence-electron chi connectivity index (χ0n) is 9.96. The molecule has 1 saturated carbocycles. The Morgan fingerprint density at radius 1 is 1.40 bits per heavy atom. The molecular formula is C12H24N2O. The Labute approximate surface area is 92.8 Å². The summed E-state index contributed by atoms with van der Waals surface area (Å²) in [5, 5.41) is 3.16. The van der Waals surface area contributed by atoms with Gasteiger partial charge in [-0.25, -0.2) is 0 Å². The van der Waals surface area contributed by atoms with Crippen molar-refractivity contribution in [1.29, 1.82) is 0 Å². The third-order valence-electron chi connectivity index (χ3n) is 3.65. The fourth-order valence-electron chi connectivity index (χ4n) is 2.47. The Kier molecular flexibility index (Phi) is 5.09. The average molecular weight is 212 g/mol. The zero-order chi connectivity index (χ0) is 11.3. The maximum Gasteiger partial charge on any atom is 0.223 e. The normalized spacial score (nSPS) is 25.9. The van der Waals surface area contributed by atoms with Crippen LogP contribution in [0.25, 0.3) is 0 Å². The smallest absolute Gasteiger partial charge is 0.223 e. The van der Waals surface area contributed by atoms with Gasteiger partial charge < -0.3 is 11.1 Å². The van der Waals surface area contributed by atoms with Gasteiger partial charge >= 0.3 is 0 Å². The second-order valence-electron chi connectivity index (χ2n) is 4.56. The van der Waals surface area contributed by atoms with Crippen LogP contribution in [0.4, 0.5) is 0 Å². The highest BCUT2D eigenvalue weighted by atomic mass is 16.1. The van der Waals surface area contributed by atoms with Crippen LogP contribution >= 0.6 is 0 Å². The van der Waals surface area contributed by atoms with Gasteiger partial charge in [0, 0.05) is 12.0 Å². The lowest BCUT2D eigenvalue weighted by atomic mass is 9.99. The first-order valence-corrected chi connectivity index (χ1v) is 6.23. The Morgan fingerprint density at radius 3 is 2.60 bits per heavy atom. The molecule has 3 N–H and O–H groups in total. The van der Waals surface area contributed by atoms with E-state index in [9.17, 15) is 4.79 Å². The molecule has 88 valence electrons. The van der Waals surface area contributed by atoms with Gasteiger partial charge in [0.15, 0.2) is 0 Å². The average Bonchev–Trinajstić information content (AvgIpc) is 2.67. The monoisotopic (exact) mass is 212 g/mol. The summed E-state index contributed by atoms with van der Waals surface area (Å²) < 4.78 is 0. The highest BCUT2D eigenvalue weighted by Gasteiger charge is 2.28. The summed E-state index contributed by atoms with van der Waals surface area (Å²) >= 11 is 0. The molecule has 1 fully saturated rings. The predicted molar refractivity (Wildman–Crippen MR) is 62.4 cm³/mol. The molecule has 1 amide bonds. The Balaban J connectivity index is 2.42. The lowest BCUT2D eigenvalue weighted by Gasteiger charge is -2.22. The Bertz CT molecular complexity index is 202. The second kappa shape index (κ2) is 6.11. The molecule has 0 aromatic rings. The molecule has 0 saturated heterocycles. The van der Waals surface area contributed by atoms with Gasteiger partial charge in [-0.3, -0.25) is 4.79 Å². The lowest BCUT2D eigenvalue weighted by Crippen LogP contribution is -2.42. The van der Waals surface area contributed by atoms with E-state index in [0.29, 0.717) is 18.5 Å². The largest absolute Gasteiger partial charge is 0.353 e. The van der Waals surface area contributed by atoms with Crippen molar-refractivity contribution >= 4 is 5.91 Å². The summed E-state index contributed by atoms with van der Waals surface area (Å²) in [6.07, 6.45) is 5.35. The number of hydrogen-bond donors (Lipinski definition) is 2. The maximum atomic E-state index is 11.9. The minimum atomic E-state index is 0.184. The second-order valence-corrected chi connectivity index (χ2v) is 4.56. The van der Waals surface area contributed by atoms with Crippen LogP contribution in [-0.4, -0.2) is 18.5 Å². The van der Waals surface area contributed by atoms with Crippen molar-refractivity contribution in [1.82, 2.24) is 5.32 Å². The Morgan fingerprint density at radius 2 is 2.07 bits per heavy atom. The number of carbonyl (C=O) groups excluding carboxylic acids is 1. The quantitative estimate of drug-likeness (QED) is 0.728. The van der Waals surface area contributed by atoms with E-state index in [0.717, 1.165) is 19.3 Å². The molecule has 0 bridgehead atoms. The van der Waals surface area contributed by atoms with Crippen molar-refractivity contribution in [2.45, 2.75) is 52.0 Å². The van der Waals surface area contributed by atoms with Gasteiger partial charge in [-0.15, -0.1) is 0 Å². The van der Waals surface area contributed by atoms with E-state index in [1.807, 2.05) is 0 Å². The predicted octanol–water partition coefficient (Wildman–Crippen LogP) is 1.67. The molecule has 1 rings (SSSR count). The molecule has 2 atom stereocenters. The summed E-state index contributed by atoms with van der Waals surface area (Å²) in [7, 11) is 0. The molecule has 2 unspecified atom stereocenters. The fourth-order valence-corrected chi connectivity index (χ4v) is 2.47. The van der Waals surface area contributed by atoms with Crippen LogP contribution in [0.1, 0.15) is 46.0 Å². The molecule has 0 heterocycles. The van der Waals surface area contributed by atoms with Gasteiger partial charge in [0.05, 0.1) is 0 Å². The van der Waals surface area contributed by atoms with Crippen LogP contribution in [0, 0.1) is 11.8 Å². The highest BCUT2D eigenvalue weighted by molar-refractivity contribution is 5.78. The van der Waals surface area contributed by atoms with Crippen LogP contribution in [0.2, 0.25) is 0 Å². The molecule has 15 heavy (non-hydrogen) atoms. The van der Waals surface area contributed by atoms with Gasteiger partial charge in [-0.05, 0) is 38.1 Å². The van der Waals surface area contributed by atoms with Crippen LogP contribution in [0.5, 0.6) is 0 Å². The van der Waals surface area contributed by atoms with Gasteiger partial charge in [-0.2, -0.15) is 0 Å². The van der Waals surface area contributed by atoms with Crippen molar-refractivity contribution in [3.05, 3.63) is 0 Å². The molecule has 1 aliphatic carbocycles. The molecule has 1 aliphatic rings. The third-order valence-corrected chi connectivity index (χ3v) is 3.65. The maximum absolute atomic E-state index is 11.9. The number of carbonyl (C=O) groups is 1. The van der Waals surface area contributed by atoms with Crippen LogP contribution in [0.3, 0.4) is 0 Å². The topological polar surface area (TPSA) is 55.1 Å². The first kappa shape index (κ1) is 12.5. The van der Waals surface area contributed by atoms with Crippen molar-refractivity contribution < 1.29 is 4.79 Å². The van der Waals surface area contributed by atoms with E-state index in [1.165, 1.54) is 12.8 Å². The minimum absolute atomic E-state index is 0.184. The number of nitrogens with two attached hydrogens (primary N) is 1. The van der Waals surface area contributed by atoms with Crippen LogP contribution in [0.15, 0.2) is 0 Å². The van der Waals surface area contributed by atoms with Gasteiger partial charge in [0.25, 0.3) is 0 Å². The number of amides is 1. The van der Waals surface area contributed by atoms with Crippen molar-refractivity contribution in [3.63, 3.8) is 0 Å². The molecule has 3 heteroatoms. The highest BCUT2D eigenvalue weighted by Crippen LogP contribution is 2.25. The van der Waals surface area contributed by atoms with Crippen LogP contribution < -0.4 is 11.1 Å². The van der Waals surface area contributed by atoms with E-state index >= 15 is 0 Å². The molecule has 3 nitrogen and oxygen atoms in total. The van der Waals surface area contributed by atoms with Crippen molar-refractivity contribution in [3.8, 4) is 0 Å². The summed E-state index contributed by atoms with van der Waals surface area (Å²) in [5.41, 5.74) is 5.69. The van der Waals surface area contributed by atoms with Crippen molar-refractivity contribution in [2.75, 3.05) is 6.54 Å². The summed E-state index contributed by atoms with van der Waals surface area (Å²) in [6.45, 7) is 4.85. The van der Waals surface area contributed by atoms with E-state index in [-0.39, 0.29) is 11.8 Å². The molecular weight excluding hydrogens is 188 g/mol. The molecule has 0 spiro atoms. The number of rotatable bonds is 5. The number of nitrogens with one attached hydrogen (secondary N) is 1. The minimum Gasteiger partial charge on any atom is -0.353 e. The van der Waals surface area contributed by atoms with E-state index < -0.39 is 0 Å². The molecule has 0 radical (unpaired) electrons. The summed E-state index contributed by atoms with van der Waals surface area (Å²) in [6, 6.07) is 0.336. The lowest BCUT2D eigenvalue weighted by molar-refractivity contribution is -0.126. The van der Waals surface area contributed by atoms with E-state index in [2.05, 4.69) is 19.2 Å². The van der Waals surface area contributed by atoms with Gasteiger partial charge in [-0.1, -0.05) is 20.3 Å². The fraction of sp³-hybridized carbons (Fsp3) is 0.917. The van der Waals surface area contributed by atoms with Crippen molar-refractivity contribution in [2.24, 2.45) is 17.6 Å². The van der Waals surface area contributed by atoms with E-state index in [4.69, 9.17) is 5.73 Å². The molecule has 0 aromatic heterocycles. The molecule has 0 aliphatic heterocycles. The third kappa shape index (κ3) is 3.20. The first-order chi connectivity index (χ1) is 7.22.